The lowest BCUT2D eigenvalue weighted by atomic mass is 10.1. The van der Waals surface area contributed by atoms with Crippen molar-refractivity contribution in [2.24, 2.45) is 0 Å². The molecule has 0 amide bonds. The summed E-state index contributed by atoms with van der Waals surface area (Å²) < 4.78 is 18.2. The van der Waals surface area contributed by atoms with Gasteiger partial charge in [-0.2, -0.15) is 0 Å². The van der Waals surface area contributed by atoms with Crippen molar-refractivity contribution in [2.75, 3.05) is 13.7 Å². The number of benzene rings is 1. The molecule has 1 atom stereocenters. The van der Waals surface area contributed by atoms with Crippen molar-refractivity contribution in [3.8, 4) is 5.75 Å². The van der Waals surface area contributed by atoms with Crippen molar-refractivity contribution in [1.29, 1.82) is 0 Å². The topological polar surface area (TPSA) is 41.5 Å². The van der Waals surface area contributed by atoms with Gasteiger partial charge in [-0.3, -0.25) is 0 Å². The molecule has 17 heavy (non-hydrogen) atoms. The molecule has 0 aliphatic rings. The Morgan fingerprint density at radius 2 is 2.12 bits per heavy atom. The van der Waals surface area contributed by atoms with Crippen LogP contribution in [-0.2, 0) is 0 Å². The molecule has 2 N–H and O–H groups in total. The third kappa shape index (κ3) is 4.32. The maximum Gasteiger partial charge on any atom is 0.124 e. The highest BCUT2D eigenvalue weighted by Crippen LogP contribution is 2.27. The van der Waals surface area contributed by atoms with Crippen LogP contribution in [0.25, 0.3) is 0 Å². The van der Waals surface area contributed by atoms with E-state index in [2.05, 4.69) is 5.32 Å². The molecule has 1 aromatic rings. The van der Waals surface area contributed by atoms with Crippen LogP contribution >= 0.6 is 0 Å². The molecule has 3 nitrogen and oxygen atoms in total. The summed E-state index contributed by atoms with van der Waals surface area (Å²) in [4.78, 5) is 0. The van der Waals surface area contributed by atoms with Gasteiger partial charge in [0.1, 0.15) is 11.6 Å². The van der Waals surface area contributed by atoms with E-state index < -0.39 is 6.10 Å². The first-order valence-corrected chi connectivity index (χ1v) is 5.79. The minimum Gasteiger partial charge on any atom is -0.496 e. The van der Waals surface area contributed by atoms with Gasteiger partial charge in [0.15, 0.2) is 0 Å². The molecular weight excluding hydrogens is 221 g/mol. The molecule has 0 heterocycles. The minimum atomic E-state index is -0.716. The third-order valence-electron chi connectivity index (χ3n) is 2.52. The lowest BCUT2D eigenvalue weighted by Crippen LogP contribution is -2.25. The van der Waals surface area contributed by atoms with Crippen LogP contribution in [0.2, 0.25) is 0 Å². The van der Waals surface area contributed by atoms with Crippen molar-refractivity contribution in [2.45, 2.75) is 32.4 Å². The van der Waals surface area contributed by atoms with Crippen molar-refractivity contribution < 1.29 is 14.2 Å². The minimum absolute atomic E-state index is 0.364. The van der Waals surface area contributed by atoms with Crippen molar-refractivity contribution in [1.82, 2.24) is 5.32 Å². The van der Waals surface area contributed by atoms with E-state index in [1.807, 2.05) is 13.8 Å². The number of methoxy groups -OCH3 is 1. The average Bonchev–Trinajstić information content (AvgIpc) is 2.28. The standard InChI is InChI=1S/C13H20FNO2/c1-9(2)15-7-6-12(16)11-8-10(14)4-5-13(11)17-3/h4-5,8-9,12,15-16H,6-7H2,1-3H3. The van der Waals surface area contributed by atoms with Gasteiger partial charge in [-0.05, 0) is 31.2 Å². The highest BCUT2D eigenvalue weighted by molar-refractivity contribution is 5.35. The van der Waals surface area contributed by atoms with Gasteiger partial charge in [0.05, 0.1) is 13.2 Å². The first-order valence-electron chi connectivity index (χ1n) is 5.79. The fraction of sp³-hybridized carbons (Fsp3) is 0.538. The number of hydrogen-bond acceptors (Lipinski definition) is 3. The monoisotopic (exact) mass is 241 g/mol. The van der Waals surface area contributed by atoms with Gasteiger partial charge in [-0.25, -0.2) is 4.39 Å². The van der Waals surface area contributed by atoms with E-state index in [1.54, 1.807) is 0 Å². The number of aliphatic hydroxyl groups excluding tert-OH is 1. The van der Waals surface area contributed by atoms with Crippen LogP contribution in [0, 0.1) is 5.82 Å². The zero-order chi connectivity index (χ0) is 12.8. The summed E-state index contributed by atoms with van der Waals surface area (Å²) in [5, 5.41) is 13.2. The molecule has 96 valence electrons. The summed E-state index contributed by atoms with van der Waals surface area (Å²) in [6.07, 6.45) is -0.190. The Morgan fingerprint density at radius 3 is 2.71 bits per heavy atom. The van der Waals surface area contributed by atoms with Crippen molar-refractivity contribution in [3.63, 3.8) is 0 Å². The largest absolute Gasteiger partial charge is 0.496 e. The fourth-order valence-electron chi connectivity index (χ4n) is 1.63. The number of halogens is 1. The molecular formula is C13H20FNO2. The zero-order valence-electron chi connectivity index (χ0n) is 10.5. The van der Waals surface area contributed by atoms with Crippen LogP contribution in [0.1, 0.15) is 31.9 Å². The van der Waals surface area contributed by atoms with Gasteiger partial charge in [0.25, 0.3) is 0 Å². The Hall–Kier alpha value is -1.13. The van der Waals surface area contributed by atoms with Gasteiger partial charge >= 0.3 is 0 Å². The second kappa shape index (κ2) is 6.57. The van der Waals surface area contributed by atoms with E-state index in [0.29, 0.717) is 30.3 Å². The number of hydrogen-bond donors (Lipinski definition) is 2. The molecule has 0 spiro atoms. The van der Waals surface area contributed by atoms with Crippen LogP contribution in [0.5, 0.6) is 5.75 Å². The molecule has 0 fully saturated rings. The van der Waals surface area contributed by atoms with E-state index >= 15 is 0 Å². The summed E-state index contributed by atoms with van der Waals surface area (Å²) in [6, 6.07) is 4.54. The molecule has 1 rings (SSSR count). The lowest BCUT2D eigenvalue weighted by molar-refractivity contribution is 0.161. The maximum atomic E-state index is 13.1. The molecule has 0 radical (unpaired) electrons. The SMILES string of the molecule is COc1ccc(F)cc1C(O)CCNC(C)C. The Bertz CT molecular complexity index is 355. The van der Waals surface area contributed by atoms with Gasteiger partial charge in [-0.15, -0.1) is 0 Å². The molecule has 1 aromatic carbocycles. The number of ether oxygens (including phenoxy) is 1. The second-order valence-corrected chi connectivity index (χ2v) is 4.30. The molecule has 0 bridgehead atoms. The summed E-state index contributed by atoms with van der Waals surface area (Å²) in [7, 11) is 1.51. The van der Waals surface area contributed by atoms with Gasteiger partial charge in [-0.1, -0.05) is 13.8 Å². The summed E-state index contributed by atoms with van der Waals surface area (Å²) in [5.74, 6) is 0.153. The highest BCUT2D eigenvalue weighted by Gasteiger charge is 2.14. The molecule has 0 aliphatic heterocycles. The van der Waals surface area contributed by atoms with E-state index in [9.17, 15) is 9.50 Å². The zero-order valence-corrected chi connectivity index (χ0v) is 10.5. The highest BCUT2D eigenvalue weighted by atomic mass is 19.1. The predicted octanol–water partition coefficient (Wildman–Crippen LogP) is 2.26. The van der Waals surface area contributed by atoms with E-state index in [4.69, 9.17) is 4.74 Å². The first-order chi connectivity index (χ1) is 8.04. The smallest absolute Gasteiger partial charge is 0.124 e. The summed E-state index contributed by atoms with van der Waals surface area (Å²) >= 11 is 0. The number of rotatable bonds is 6. The maximum absolute atomic E-state index is 13.1. The van der Waals surface area contributed by atoms with E-state index in [0.717, 1.165) is 0 Å². The number of nitrogens with one attached hydrogen (secondary N) is 1. The van der Waals surface area contributed by atoms with Gasteiger partial charge < -0.3 is 15.2 Å². The predicted molar refractivity (Wildman–Crippen MR) is 65.7 cm³/mol. The molecule has 0 aliphatic carbocycles. The van der Waals surface area contributed by atoms with Gasteiger partial charge in [0, 0.05) is 11.6 Å². The van der Waals surface area contributed by atoms with Crippen LogP contribution in [0.4, 0.5) is 4.39 Å². The molecule has 0 saturated heterocycles. The van der Waals surface area contributed by atoms with Crippen molar-refractivity contribution >= 4 is 0 Å². The van der Waals surface area contributed by atoms with Crippen molar-refractivity contribution in [3.05, 3.63) is 29.6 Å². The van der Waals surface area contributed by atoms with Crippen LogP contribution in [0.3, 0.4) is 0 Å². The quantitative estimate of drug-likeness (QED) is 0.802. The van der Waals surface area contributed by atoms with Gasteiger partial charge in [0.2, 0.25) is 0 Å². The number of aliphatic hydroxyl groups is 1. The van der Waals surface area contributed by atoms with E-state index in [1.165, 1.54) is 25.3 Å². The molecule has 4 heteroatoms. The summed E-state index contributed by atoms with van der Waals surface area (Å²) in [6.45, 7) is 4.75. The lowest BCUT2D eigenvalue weighted by Gasteiger charge is -2.16. The van der Waals surface area contributed by atoms with Crippen LogP contribution < -0.4 is 10.1 Å². The molecule has 1 unspecified atom stereocenters. The fourth-order valence-corrected chi connectivity index (χ4v) is 1.63. The normalized spacial score (nSPS) is 12.8. The van der Waals surface area contributed by atoms with Crippen LogP contribution in [0.15, 0.2) is 18.2 Å². The second-order valence-electron chi connectivity index (χ2n) is 4.30. The molecule has 0 saturated carbocycles. The molecule has 0 aromatic heterocycles. The Morgan fingerprint density at radius 1 is 1.41 bits per heavy atom. The Balaban J connectivity index is 2.66. The van der Waals surface area contributed by atoms with E-state index in [-0.39, 0.29) is 5.82 Å². The average molecular weight is 241 g/mol. The Labute approximate surface area is 102 Å². The summed E-state index contributed by atoms with van der Waals surface area (Å²) in [5.41, 5.74) is 0.498. The first kappa shape index (κ1) is 13.9. The third-order valence-corrected chi connectivity index (χ3v) is 2.52. The Kier molecular flexibility index (Phi) is 5.38. The van der Waals surface area contributed by atoms with Crippen LogP contribution in [-0.4, -0.2) is 24.8 Å².